The Balaban J connectivity index is 0.938. The van der Waals surface area contributed by atoms with Gasteiger partial charge in [-0.2, -0.15) is 11.8 Å². The fraction of sp³-hybridized carbons (Fsp3) is 0.125. The van der Waals surface area contributed by atoms with Crippen LogP contribution in [-0.2, 0) is 9.59 Å². The van der Waals surface area contributed by atoms with Gasteiger partial charge < -0.3 is 10.6 Å². The highest BCUT2D eigenvalue weighted by Crippen LogP contribution is 2.32. The summed E-state index contributed by atoms with van der Waals surface area (Å²) in [6.07, 6.45) is 0.715. The summed E-state index contributed by atoms with van der Waals surface area (Å²) in [5, 5.41) is 15.5. The van der Waals surface area contributed by atoms with Gasteiger partial charge in [0.2, 0.25) is 11.8 Å². The summed E-state index contributed by atoms with van der Waals surface area (Å²) >= 11 is 4.43. The second kappa shape index (κ2) is 12.6. The van der Waals surface area contributed by atoms with Crippen molar-refractivity contribution in [3.63, 3.8) is 0 Å². The van der Waals surface area contributed by atoms with E-state index in [9.17, 15) is 9.59 Å². The maximum absolute atomic E-state index is 12.5. The van der Waals surface area contributed by atoms with Crippen LogP contribution in [0.5, 0.6) is 0 Å². The molecule has 0 bridgehead atoms. The molecule has 204 valence electrons. The number of anilines is 2. The van der Waals surface area contributed by atoms with Crippen LogP contribution in [0.1, 0.15) is 12.8 Å². The average Bonchev–Trinajstić information content (AvgIpc) is 3.66. The second-order valence-corrected chi connectivity index (χ2v) is 12.3. The number of amides is 2. The maximum Gasteiger partial charge on any atom is 0.226 e. The van der Waals surface area contributed by atoms with Crippen LogP contribution in [0.4, 0.5) is 10.3 Å². The van der Waals surface area contributed by atoms with Gasteiger partial charge in [0, 0.05) is 46.2 Å². The molecular weight excluding hydrogens is 569 g/mol. The zero-order valence-corrected chi connectivity index (χ0v) is 24.5. The van der Waals surface area contributed by atoms with E-state index in [0.717, 1.165) is 44.1 Å². The van der Waals surface area contributed by atoms with Crippen molar-refractivity contribution in [2.24, 2.45) is 0 Å². The molecule has 2 aromatic heterocycles. The molecule has 6 aromatic rings. The molecule has 6 rings (SSSR count). The van der Waals surface area contributed by atoms with Crippen LogP contribution in [0.25, 0.3) is 44.1 Å². The largest absolute Gasteiger partial charge is 0.302 e. The van der Waals surface area contributed by atoms with Crippen molar-refractivity contribution in [1.29, 1.82) is 0 Å². The van der Waals surface area contributed by atoms with E-state index in [-0.39, 0.29) is 11.8 Å². The SMILES string of the molecule is O=C(CCSCCC(=O)Nc1nc(-c2cccc3ccccc23)cs1)Nc1nc(-c2cccc3ccccc23)cs1. The van der Waals surface area contributed by atoms with E-state index in [1.54, 1.807) is 11.8 Å². The summed E-state index contributed by atoms with van der Waals surface area (Å²) in [6, 6.07) is 28.7. The number of thiazole rings is 2. The fourth-order valence-electron chi connectivity index (χ4n) is 4.60. The van der Waals surface area contributed by atoms with E-state index < -0.39 is 0 Å². The van der Waals surface area contributed by atoms with Crippen LogP contribution in [0.15, 0.2) is 95.7 Å². The second-order valence-electron chi connectivity index (χ2n) is 9.34. The first-order valence-corrected chi connectivity index (χ1v) is 16.1. The van der Waals surface area contributed by atoms with Crippen molar-refractivity contribution >= 4 is 78.1 Å². The summed E-state index contributed by atoms with van der Waals surface area (Å²) in [5.74, 6) is 1.10. The van der Waals surface area contributed by atoms with Crippen molar-refractivity contribution in [3.05, 3.63) is 95.7 Å². The van der Waals surface area contributed by atoms with E-state index in [0.29, 0.717) is 34.6 Å². The van der Waals surface area contributed by atoms with E-state index in [1.165, 1.54) is 22.7 Å². The number of aromatic nitrogens is 2. The number of benzene rings is 4. The van der Waals surface area contributed by atoms with E-state index in [4.69, 9.17) is 0 Å². The number of thioether (sulfide) groups is 1. The fourth-order valence-corrected chi connectivity index (χ4v) is 6.92. The van der Waals surface area contributed by atoms with Gasteiger partial charge in [-0.05, 0) is 21.5 Å². The monoisotopic (exact) mass is 594 g/mol. The van der Waals surface area contributed by atoms with Gasteiger partial charge in [-0.25, -0.2) is 9.97 Å². The third kappa shape index (κ3) is 6.48. The van der Waals surface area contributed by atoms with Crippen LogP contribution in [0.3, 0.4) is 0 Å². The quantitative estimate of drug-likeness (QED) is 0.156. The zero-order valence-electron chi connectivity index (χ0n) is 22.0. The summed E-state index contributed by atoms with van der Waals surface area (Å²) in [7, 11) is 0. The molecule has 2 N–H and O–H groups in total. The third-order valence-corrected chi connectivity index (χ3v) is 9.08. The number of carbonyl (C=O) groups excluding carboxylic acids is 2. The van der Waals surface area contributed by atoms with Crippen molar-refractivity contribution < 1.29 is 9.59 Å². The molecule has 41 heavy (non-hydrogen) atoms. The molecule has 0 saturated heterocycles. The van der Waals surface area contributed by atoms with Crippen LogP contribution in [0, 0.1) is 0 Å². The lowest BCUT2D eigenvalue weighted by molar-refractivity contribution is -0.116. The minimum atomic E-state index is -0.0791. The summed E-state index contributed by atoms with van der Waals surface area (Å²) in [6.45, 7) is 0. The van der Waals surface area contributed by atoms with Gasteiger partial charge >= 0.3 is 0 Å². The standard InChI is InChI=1S/C32H26N4O2S3/c37-29(35-31-33-27(19-40-31)25-13-5-9-21-7-1-3-11-23(21)25)15-17-39-18-16-30(38)36-32-34-28(20-41-32)26-14-6-10-22-8-2-4-12-24(22)26/h1-14,19-20H,15-18H2,(H,33,35,37)(H,34,36,38). The first-order chi connectivity index (χ1) is 20.1. The van der Waals surface area contributed by atoms with Crippen LogP contribution in [0.2, 0.25) is 0 Å². The molecular formula is C32H26N4O2S3. The molecule has 2 heterocycles. The molecule has 0 saturated carbocycles. The Bertz CT molecular complexity index is 1700. The molecule has 6 nitrogen and oxygen atoms in total. The highest BCUT2D eigenvalue weighted by atomic mass is 32.2. The molecule has 0 unspecified atom stereocenters. The molecule has 0 aliphatic heterocycles. The Morgan fingerprint density at radius 2 is 1.05 bits per heavy atom. The van der Waals surface area contributed by atoms with Crippen molar-refractivity contribution in [3.8, 4) is 22.5 Å². The van der Waals surface area contributed by atoms with Gasteiger partial charge in [0.15, 0.2) is 10.3 Å². The van der Waals surface area contributed by atoms with Gasteiger partial charge in [0.25, 0.3) is 0 Å². The highest BCUT2D eigenvalue weighted by molar-refractivity contribution is 7.99. The Kier molecular flexibility index (Phi) is 8.36. The molecule has 0 radical (unpaired) electrons. The normalized spacial score (nSPS) is 11.1. The van der Waals surface area contributed by atoms with E-state index in [2.05, 4.69) is 57.0 Å². The molecule has 0 atom stereocenters. The number of nitrogens with zero attached hydrogens (tertiary/aromatic N) is 2. The van der Waals surface area contributed by atoms with Crippen LogP contribution < -0.4 is 10.6 Å². The lowest BCUT2D eigenvalue weighted by Gasteiger charge is -2.04. The summed E-state index contributed by atoms with van der Waals surface area (Å²) in [4.78, 5) is 34.2. The number of nitrogens with one attached hydrogen (secondary N) is 2. The topological polar surface area (TPSA) is 84.0 Å². The molecule has 0 fully saturated rings. The van der Waals surface area contributed by atoms with Crippen molar-refractivity contribution in [2.45, 2.75) is 12.8 Å². The molecule has 0 spiro atoms. The van der Waals surface area contributed by atoms with Crippen LogP contribution >= 0.6 is 34.4 Å². The predicted octanol–water partition coefficient (Wildman–Crippen LogP) is 8.33. The molecule has 0 aliphatic rings. The first kappa shape index (κ1) is 27.1. The minimum absolute atomic E-state index is 0.0791. The molecule has 0 aliphatic carbocycles. The smallest absolute Gasteiger partial charge is 0.226 e. The van der Waals surface area contributed by atoms with Crippen molar-refractivity contribution in [1.82, 2.24) is 9.97 Å². The highest BCUT2D eigenvalue weighted by Gasteiger charge is 2.12. The predicted molar refractivity (Wildman–Crippen MR) is 174 cm³/mol. The molecule has 4 aromatic carbocycles. The minimum Gasteiger partial charge on any atom is -0.302 e. The van der Waals surface area contributed by atoms with Crippen molar-refractivity contribution in [2.75, 3.05) is 22.1 Å². The number of hydrogen-bond donors (Lipinski definition) is 2. The Labute approximate surface area is 249 Å². The molecule has 9 heteroatoms. The maximum atomic E-state index is 12.5. The lowest BCUT2D eigenvalue weighted by Crippen LogP contribution is -2.13. The average molecular weight is 595 g/mol. The first-order valence-electron chi connectivity index (χ1n) is 13.2. The van der Waals surface area contributed by atoms with Gasteiger partial charge in [0.05, 0.1) is 11.4 Å². The summed E-state index contributed by atoms with van der Waals surface area (Å²) in [5.41, 5.74) is 3.81. The van der Waals surface area contributed by atoms with Gasteiger partial charge in [-0.15, -0.1) is 22.7 Å². The van der Waals surface area contributed by atoms with Gasteiger partial charge in [0.1, 0.15) is 0 Å². The number of hydrogen-bond acceptors (Lipinski definition) is 7. The Morgan fingerprint density at radius 1 is 0.610 bits per heavy atom. The number of fused-ring (bicyclic) bond motifs is 2. The zero-order chi connectivity index (χ0) is 28.0. The van der Waals surface area contributed by atoms with Crippen LogP contribution in [-0.4, -0.2) is 33.3 Å². The molecule has 2 amide bonds. The lowest BCUT2D eigenvalue weighted by atomic mass is 10.0. The Hall–Kier alpha value is -4.05. The summed E-state index contributed by atoms with van der Waals surface area (Å²) < 4.78 is 0. The number of carbonyl (C=O) groups is 2. The van der Waals surface area contributed by atoms with E-state index >= 15 is 0 Å². The Morgan fingerprint density at radius 3 is 1.54 bits per heavy atom. The van der Waals surface area contributed by atoms with Gasteiger partial charge in [-0.1, -0.05) is 84.9 Å². The number of rotatable bonds is 10. The third-order valence-electron chi connectivity index (χ3n) is 6.58. The van der Waals surface area contributed by atoms with E-state index in [1.807, 2.05) is 59.3 Å². The van der Waals surface area contributed by atoms with Gasteiger partial charge in [-0.3, -0.25) is 9.59 Å².